The van der Waals surface area contributed by atoms with E-state index in [-0.39, 0.29) is 24.5 Å². The minimum absolute atomic E-state index is 0.0238. The van der Waals surface area contributed by atoms with Gasteiger partial charge in [0.15, 0.2) is 5.69 Å². The van der Waals surface area contributed by atoms with Crippen molar-refractivity contribution in [2.45, 2.75) is 0 Å². The van der Waals surface area contributed by atoms with E-state index < -0.39 is 22.7 Å². The second-order valence-corrected chi connectivity index (χ2v) is 6.36. The molecule has 0 bridgehead atoms. The van der Waals surface area contributed by atoms with Crippen molar-refractivity contribution in [3.8, 4) is 5.69 Å². The molecular weight excluding hydrogens is 392 g/mol. The Kier molecular flexibility index (Phi) is 4.80. The van der Waals surface area contributed by atoms with E-state index in [1.807, 2.05) is 0 Å². The van der Waals surface area contributed by atoms with Gasteiger partial charge in [-0.25, -0.2) is 9.48 Å². The van der Waals surface area contributed by atoms with Gasteiger partial charge in [0.2, 0.25) is 0 Å². The first kappa shape index (κ1) is 19.0. The summed E-state index contributed by atoms with van der Waals surface area (Å²) >= 11 is 0. The third kappa shape index (κ3) is 3.41. The van der Waals surface area contributed by atoms with Crippen molar-refractivity contribution in [3.63, 3.8) is 0 Å². The molecule has 2 amide bonds. The molecule has 150 valence electrons. The van der Waals surface area contributed by atoms with E-state index in [9.17, 15) is 24.5 Å². The summed E-state index contributed by atoms with van der Waals surface area (Å²) in [6, 6.07) is 13.6. The van der Waals surface area contributed by atoms with Gasteiger partial charge in [-0.1, -0.05) is 12.1 Å². The Morgan fingerprint density at radius 2 is 1.63 bits per heavy atom. The van der Waals surface area contributed by atoms with E-state index in [4.69, 9.17) is 4.74 Å². The lowest BCUT2D eigenvalue weighted by molar-refractivity contribution is -0.384. The molecule has 0 saturated carbocycles. The number of non-ortho nitro benzene ring substituents is 1. The minimum Gasteiger partial charge on any atom is -0.459 e. The summed E-state index contributed by atoms with van der Waals surface area (Å²) in [5.74, 6) is -1.56. The molecule has 0 radical (unpaired) electrons. The van der Waals surface area contributed by atoms with Crippen LogP contribution in [0.25, 0.3) is 5.69 Å². The molecule has 4 rings (SSSR count). The predicted octanol–water partition coefficient (Wildman–Crippen LogP) is 2.23. The summed E-state index contributed by atoms with van der Waals surface area (Å²) in [6.45, 7) is -0.240. The molecule has 10 nitrogen and oxygen atoms in total. The topological polar surface area (TPSA) is 125 Å². The third-order valence-electron chi connectivity index (χ3n) is 4.55. The fourth-order valence-electron chi connectivity index (χ4n) is 3.05. The summed E-state index contributed by atoms with van der Waals surface area (Å²) < 4.78 is 6.51. The van der Waals surface area contributed by atoms with Crippen LogP contribution in [0.1, 0.15) is 31.2 Å². The molecule has 0 fully saturated rings. The van der Waals surface area contributed by atoms with E-state index in [0.717, 1.165) is 4.90 Å². The lowest BCUT2D eigenvalue weighted by atomic mass is 10.1. The zero-order valence-electron chi connectivity index (χ0n) is 15.4. The van der Waals surface area contributed by atoms with Crippen LogP contribution in [0.3, 0.4) is 0 Å². The molecule has 0 unspecified atom stereocenters. The number of esters is 1. The molecule has 0 N–H and O–H groups in total. The number of aromatic nitrogens is 2. The number of hydrogen-bond donors (Lipinski definition) is 0. The summed E-state index contributed by atoms with van der Waals surface area (Å²) in [5, 5.41) is 14.8. The molecule has 2 heterocycles. The van der Waals surface area contributed by atoms with Crippen LogP contribution < -0.4 is 0 Å². The van der Waals surface area contributed by atoms with Crippen LogP contribution in [-0.2, 0) is 4.74 Å². The molecule has 30 heavy (non-hydrogen) atoms. The van der Waals surface area contributed by atoms with Crippen LogP contribution in [0, 0.1) is 10.1 Å². The quantitative estimate of drug-likeness (QED) is 0.266. The van der Waals surface area contributed by atoms with Gasteiger partial charge in [-0.3, -0.25) is 24.6 Å². The molecule has 0 saturated heterocycles. The Balaban J connectivity index is 1.36. The van der Waals surface area contributed by atoms with E-state index in [2.05, 4.69) is 5.10 Å². The van der Waals surface area contributed by atoms with Gasteiger partial charge in [-0.2, -0.15) is 5.10 Å². The number of nitrogens with zero attached hydrogens (tertiary/aromatic N) is 4. The first-order valence-corrected chi connectivity index (χ1v) is 8.88. The summed E-state index contributed by atoms with van der Waals surface area (Å²) in [5.41, 5.74) is 1.16. The Bertz CT molecular complexity index is 1130. The number of benzene rings is 2. The van der Waals surface area contributed by atoms with Crippen LogP contribution in [0.15, 0.2) is 60.8 Å². The zero-order valence-corrected chi connectivity index (χ0v) is 15.4. The smallest absolute Gasteiger partial charge is 0.358 e. The number of hydrogen-bond acceptors (Lipinski definition) is 7. The molecule has 0 atom stereocenters. The Labute approximate surface area is 169 Å². The number of nitro benzene ring substituents is 1. The molecule has 2 aromatic carbocycles. The van der Waals surface area contributed by atoms with Crippen LogP contribution in [0.2, 0.25) is 0 Å². The number of fused-ring (bicyclic) bond motifs is 1. The number of imide groups is 1. The third-order valence-corrected chi connectivity index (χ3v) is 4.55. The molecule has 3 aromatic rings. The normalized spacial score (nSPS) is 12.7. The number of rotatable bonds is 6. The van der Waals surface area contributed by atoms with Crippen LogP contribution in [-0.4, -0.2) is 50.5 Å². The maximum Gasteiger partial charge on any atom is 0.358 e. The van der Waals surface area contributed by atoms with Gasteiger partial charge in [0.25, 0.3) is 17.5 Å². The Morgan fingerprint density at radius 1 is 1.00 bits per heavy atom. The van der Waals surface area contributed by atoms with Crippen molar-refractivity contribution < 1.29 is 24.0 Å². The average Bonchev–Trinajstić information content (AvgIpc) is 3.34. The van der Waals surface area contributed by atoms with Gasteiger partial charge < -0.3 is 4.74 Å². The molecule has 1 aliphatic rings. The first-order chi connectivity index (χ1) is 14.5. The highest BCUT2D eigenvalue weighted by atomic mass is 16.6. The molecule has 0 aliphatic carbocycles. The van der Waals surface area contributed by atoms with Gasteiger partial charge in [0.05, 0.1) is 28.3 Å². The molecule has 0 spiro atoms. The highest BCUT2D eigenvalue weighted by molar-refractivity contribution is 6.21. The number of nitro groups is 1. The maximum absolute atomic E-state index is 12.3. The minimum atomic E-state index is -0.715. The summed E-state index contributed by atoms with van der Waals surface area (Å²) in [7, 11) is 0. The predicted molar refractivity (Wildman–Crippen MR) is 102 cm³/mol. The fraction of sp³-hybridized carbons (Fsp3) is 0.100. The standard InChI is InChI=1S/C20H14N4O6/c25-18-15-3-1-2-4-16(15)19(26)22(18)11-12-30-20(27)17-9-10-23(21-17)13-5-7-14(8-6-13)24(28)29/h1-10H,11-12H2. The maximum atomic E-state index is 12.3. The molecule has 1 aromatic heterocycles. The lowest BCUT2D eigenvalue weighted by Crippen LogP contribution is -2.33. The average molecular weight is 406 g/mol. The fourth-order valence-corrected chi connectivity index (χ4v) is 3.05. The van der Waals surface area contributed by atoms with Crippen molar-refractivity contribution in [1.82, 2.24) is 14.7 Å². The van der Waals surface area contributed by atoms with Crippen LogP contribution in [0.4, 0.5) is 5.69 Å². The largest absolute Gasteiger partial charge is 0.459 e. The van der Waals surface area contributed by atoms with Gasteiger partial charge in [0.1, 0.15) is 6.61 Å². The highest BCUT2D eigenvalue weighted by Gasteiger charge is 2.34. The van der Waals surface area contributed by atoms with E-state index in [0.29, 0.717) is 16.8 Å². The van der Waals surface area contributed by atoms with Gasteiger partial charge in [0, 0.05) is 18.3 Å². The van der Waals surface area contributed by atoms with E-state index >= 15 is 0 Å². The van der Waals surface area contributed by atoms with Crippen molar-refractivity contribution in [2.24, 2.45) is 0 Å². The van der Waals surface area contributed by atoms with Gasteiger partial charge in [-0.15, -0.1) is 0 Å². The van der Waals surface area contributed by atoms with Gasteiger partial charge >= 0.3 is 5.97 Å². The number of amides is 2. The number of carbonyl (C=O) groups excluding carboxylic acids is 3. The monoisotopic (exact) mass is 406 g/mol. The number of ether oxygens (including phenoxy) is 1. The molecule has 1 aliphatic heterocycles. The molecular formula is C20H14N4O6. The van der Waals surface area contributed by atoms with E-state index in [1.165, 1.54) is 41.2 Å². The summed E-state index contributed by atoms with van der Waals surface area (Å²) in [4.78, 5) is 48.0. The highest BCUT2D eigenvalue weighted by Crippen LogP contribution is 2.22. The Hall–Kier alpha value is -4.34. The second-order valence-electron chi connectivity index (χ2n) is 6.36. The SMILES string of the molecule is O=C(OCCN1C(=O)c2ccccc2C1=O)c1ccn(-c2ccc([N+](=O)[O-])cc2)n1. The van der Waals surface area contributed by atoms with Crippen molar-refractivity contribution in [3.05, 3.63) is 87.7 Å². The van der Waals surface area contributed by atoms with Crippen molar-refractivity contribution in [1.29, 1.82) is 0 Å². The zero-order chi connectivity index (χ0) is 21.3. The van der Waals surface area contributed by atoms with Crippen molar-refractivity contribution >= 4 is 23.5 Å². The van der Waals surface area contributed by atoms with Crippen molar-refractivity contribution in [2.75, 3.05) is 13.2 Å². The summed E-state index contributed by atoms with van der Waals surface area (Å²) in [6.07, 6.45) is 1.52. The first-order valence-electron chi connectivity index (χ1n) is 8.88. The van der Waals surface area contributed by atoms with E-state index in [1.54, 1.807) is 24.3 Å². The second kappa shape index (κ2) is 7.59. The molecule has 10 heteroatoms. The van der Waals surface area contributed by atoms with Gasteiger partial charge in [-0.05, 0) is 30.3 Å². The lowest BCUT2D eigenvalue weighted by Gasteiger charge is -2.13. The number of carbonyl (C=O) groups is 3. The Morgan fingerprint density at radius 3 is 2.23 bits per heavy atom. The van der Waals surface area contributed by atoms with Crippen LogP contribution in [0.5, 0.6) is 0 Å². The van der Waals surface area contributed by atoms with Crippen LogP contribution >= 0.6 is 0 Å².